The Hall–Kier alpha value is -0.860. The van der Waals surface area contributed by atoms with E-state index in [-0.39, 0.29) is 5.84 Å². The highest BCUT2D eigenvalue weighted by Crippen LogP contribution is 1.76. The maximum atomic E-state index is 6.80. The summed E-state index contributed by atoms with van der Waals surface area (Å²) in [6, 6.07) is 0. The third-order valence-electron chi connectivity index (χ3n) is 0.456. The SMILES string of the molecule is CC(=N)CC(=N)N. The zero-order valence-electron chi connectivity index (χ0n) is 4.28. The van der Waals surface area contributed by atoms with Gasteiger partial charge in [0, 0.05) is 12.1 Å². The van der Waals surface area contributed by atoms with Crippen molar-refractivity contribution in [1.29, 1.82) is 10.8 Å². The lowest BCUT2D eigenvalue weighted by Gasteiger charge is -1.89. The summed E-state index contributed by atoms with van der Waals surface area (Å²) >= 11 is 0. The smallest absolute Gasteiger partial charge is 0.0962 e. The van der Waals surface area contributed by atoms with Gasteiger partial charge in [-0.25, -0.2) is 0 Å². The molecule has 0 aliphatic carbocycles. The van der Waals surface area contributed by atoms with E-state index in [1.165, 1.54) is 0 Å². The van der Waals surface area contributed by atoms with Gasteiger partial charge in [-0.3, -0.25) is 5.41 Å². The average Bonchev–Trinajstić information content (AvgIpc) is 1.27. The predicted octanol–water partition coefficient (Wildman–Crippen LogP) is 0.352. The van der Waals surface area contributed by atoms with E-state index in [4.69, 9.17) is 16.6 Å². The minimum atomic E-state index is 0.0625. The minimum absolute atomic E-state index is 0.0625. The van der Waals surface area contributed by atoms with E-state index < -0.39 is 0 Å². The fraction of sp³-hybridized carbons (Fsp3) is 0.500. The number of nitrogens with two attached hydrogens (primary N) is 1. The van der Waals surface area contributed by atoms with Gasteiger partial charge in [0.05, 0.1) is 5.84 Å². The highest BCUT2D eigenvalue weighted by molar-refractivity contribution is 5.98. The second-order valence-corrected chi connectivity index (χ2v) is 1.48. The Bertz CT molecular complexity index is 83.1. The highest BCUT2D eigenvalue weighted by Gasteiger charge is 1.87. The number of rotatable bonds is 2. The Morgan fingerprint density at radius 1 is 1.57 bits per heavy atom. The van der Waals surface area contributed by atoms with E-state index in [2.05, 4.69) is 0 Å². The predicted molar refractivity (Wildman–Crippen MR) is 29.9 cm³/mol. The first-order valence-corrected chi connectivity index (χ1v) is 2.00. The summed E-state index contributed by atoms with van der Waals surface area (Å²) in [6.45, 7) is 1.63. The van der Waals surface area contributed by atoms with E-state index in [9.17, 15) is 0 Å². The minimum Gasteiger partial charge on any atom is -0.387 e. The molecule has 0 unspecified atom stereocenters. The molecule has 0 radical (unpaired) electrons. The van der Waals surface area contributed by atoms with Crippen molar-refractivity contribution in [3.63, 3.8) is 0 Å². The second kappa shape index (κ2) is 2.34. The summed E-state index contributed by atoms with van der Waals surface area (Å²) < 4.78 is 0. The summed E-state index contributed by atoms with van der Waals surface area (Å²) in [5.41, 5.74) is 5.37. The standard InChI is InChI=1S/C4H9N3/c1-3(5)2-4(6)7/h5H,2H2,1H3,(H3,6,7). The molecule has 0 saturated carbocycles. The molecule has 0 aromatic carbocycles. The summed E-state index contributed by atoms with van der Waals surface area (Å²) in [5, 5.41) is 13.5. The normalized spacial score (nSPS) is 8.14. The van der Waals surface area contributed by atoms with Gasteiger partial charge < -0.3 is 11.1 Å². The fourth-order valence-electron chi connectivity index (χ4n) is 0.286. The van der Waals surface area contributed by atoms with Crippen LogP contribution in [0.4, 0.5) is 0 Å². The molecule has 0 rings (SSSR count). The molecule has 0 amide bonds. The largest absolute Gasteiger partial charge is 0.387 e. The molecule has 4 N–H and O–H groups in total. The van der Waals surface area contributed by atoms with Gasteiger partial charge in [0.15, 0.2) is 0 Å². The van der Waals surface area contributed by atoms with Crippen LogP contribution in [-0.2, 0) is 0 Å². The van der Waals surface area contributed by atoms with Crippen molar-refractivity contribution < 1.29 is 0 Å². The molecule has 3 nitrogen and oxygen atoms in total. The van der Waals surface area contributed by atoms with Crippen LogP contribution in [0.15, 0.2) is 0 Å². The van der Waals surface area contributed by atoms with Crippen LogP contribution in [0.3, 0.4) is 0 Å². The molecule has 0 fully saturated rings. The topological polar surface area (TPSA) is 73.7 Å². The first kappa shape index (κ1) is 6.14. The van der Waals surface area contributed by atoms with Gasteiger partial charge in [-0.05, 0) is 6.92 Å². The summed E-state index contributed by atoms with van der Waals surface area (Å²) in [4.78, 5) is 0. The molecule has 0 heterocycles. The van der Waals surface area contributed by atoms with Crippen molar-refractivity contribution in [3.05, 3.63) is 0 Å². The molecule has 0 aliphatic rings. The molecule has 0 atom stereocenters. The molecule has 40 valence electrons. The number of hydrogen-bond donors (Lipinski definition) is 3. The Morgan fingerprint density at radius 3 is 2.00 bits per heavy atom. The molecule has 3 heteroatoms. The maximum Gasteiger partial charge on any atom is 0.0962 e. The first-order chi connectivity index (χ1) is 3.13. The molecule has 0 bridgehead atoms. The van der Waals surface area contributed by atoms with Crippen molar-refractivity contribution in [2.24, 2.45) is 5.73 Å². The molecule has 0 saturated heterocycles. The monoisotopic (exact) mass is 99.1 g/mol. The molecule has 7 heavy (non-hydrogen) atoms. The van der Waals surface area contributed by atoms with Crippen LogP contribution in [0.2, 0.25) is 0 Å². The van der Waals surface area contributed by atoms with Crippen molar-refractivity contribution >= 4 is 11.5 Å². The quantitative estimate of drug-likeness (QED) is 0.339. The molecule has 0 aromatic rings. The molecule has 0 spiro atoms. The Kier molecular flexibility index (Phi) is 2.05. The lowest BCUT2D eigenvalue weighted by molar-refractivity contribution is 1.30. The van der Waals surface area contributed by atoms with E-state index in [1.807, 2.05) is 0 Å². The molecule has 0 aromatic heterocycles. The maximum absolute atomic E-state index is 6.80. The van der Waals surface area contributed by atoms with Gasteiger partial charge in [-0.15, -0.1) is 0 Å². The zero-order chi connectivity index (χ0) is 5.86. The number of amidine groups is 1. The van der Waals surface area contributed by atoms with E-state index in [1.54, 1.807) is 6.92 Å². The zero-order valence-corrected chi connectivity index (χ0v) is 4.28. The second-order valence-electron chi connectivity index (χ2n) is 1.48. The average molecular weight is 99.1 g/mol. The lowest BCUT2D eigenvalue weighted by Crippen LogP contribution is -2.12. The Labute approximate surface area is 42.5 Å². The van der Waals surface area contributed by atoms with Crippen molar-refractivity contribution in [2.45, 2.75) is 13.3 Å². The first-order valence-electron chi connectivity index (χ1n) is 2.00. The third kappa shape index (κ3) is 5.14. The van der Waals surface area contributed by atoms with Crippen LogP contribution in [0.25, 0.3) is 0 Å². The van der Waals surface area contributed by atoms with Gasteiger partial charge in [-0.1, -0.05) is 0 Å². The van der Waals surface area contributed by atoms with Crippen molar-refractivity contribution in [1.82, 2.24) is 0 Å². The van der Waals surface area contributed by atoms with Gasteiger partial charge >= 0.3 is 0 Å². The van der Waals surface area contributed by atoms with E-state index in [0.717, 1.165) is 0 Å². The van der Waals surface area contributed by atoms with Crippen molar-refractivity contribution in [3.8, 4) is 0 Å². The van der Waals surface area contributed by atoms with Crippen molar-refractivity contribution in [2.75, 3.05) is 0 Å². The summed E-state index contributed by atoms with van der Waals surface area (Å²) in [5.74, 6) is 0.0625. The Balaban J connectivity index is 3.32. The van der Waals surface area contributed by atoms with Crippen LogP contribution < -0.4 is 5.73 Å². The molecular weight excluding hydrogens is 90.1 g/mol. The van der Waals surface area contributed by atoms with Crippen LogP contribution >= 0.6 is 0 Å². The van der Waals surface area contributed by atoms with Gasteiger partial charge in [0.1, 0.15) is 0 Å². The third-order valence-corrected chi connectivity index (χ3v) is 0.456. The number of nitrogens with one attached hydrogen (secondary N) is 2. The summed E-state index contributed by atoms with van der Waals surface area (Å²) in [7, 11) is 0. The number of hydrogen-bond acceptors (Lipinski definition) is 2. The van der Waals surface area contributed by atoms with Crippen LogP contribution in [0.5, 0.6) is 0 Å². The van der Waals surface area contributed by atoms with Gasteiger partial charge in [0.25, 0.3) is 0 Å². The Morgan fingerprint density at radius 2 is 2.00 bits per heavy atom. The van der Waals surface area contributed by atoms with E-state index >= 15 is 0 Å². The van der Waals surface area contributed by atoms with Crippen LogP contribution in [-0.4, -0.2) is 11.5 Å². The molecular formula is C4H9N3. The van der Waals surface area contributed by atoms with E-state index in [0.29, 0.717) is 12.1 Å². The summed E-state index contributed by atoms with van der Waals surface area (Å²) in [6.07, 6.45) is 0.306. The van der Waals surface area contributed by atoms with Crippen LogP contribution in [0.1, 0.15) is 13.3 Å². The van der Waals surface area contributed by atoms with Gasteiger partial charge in [-0.2, -0.15) is 0 Å². The lowest BCUT2D eigenvalue weighted by atomic mass is 10.3. The van der Waals surface area contributed by atoms with Gasteiger partial charge in [0.2, 0.25) is 0 Å². The van der Waals surface area contributed by atoms with Crippen LogP contribution in [0, 0.1) is 10.8 Å². The highest BCUT2D eigenvalue weighted by atomic mass is 14.7. The fourth-order valence-corrected chi connectivity index (χ4v) is 0.286. The molecule has 0 aliphatic heterocycles.